The third-order valence-electron chi connectivity index (χ3n) is 2.46. The zero-order chi connectivity index (χ0) is 11.5. The van der Waals surface area contributed by atoms with E-state index in [1.807, 2.05) is 6.08 Å². The fourth-order valence-corrected chi connectivity index (χ4v) is 1.61. The van der Waals surface area contributed by atoms with Gasteiger partial charge in [-0.3, -0.25) is 0 Å². The van der Waals surface area contributed by atoms with Crippen molar-refractivity contribution in [2.75, 3.05) is 0 Å². The van der Waals surface area contributed by atoms with Gasteiger partial charge in [0.1, 0.15) is 0 Å². The average molecular weight is 271 g/mol. The summed E-state index contributed by atoms with van der Waals surface area (Å²) in [5.74, 6) is 0.711. The fourth-order valence-electron chi connectivity index (χ4n) is 1.61. The van der Waals surface area contributed by atoms with E-state index in [2.05, 4.69) is 20.1 Å². The predicted molar refractivity (Wildman–Crippen MR) is 60.2 cm³/mol. The molecule has 1 fully saturated rings. The smallest absolute Gasteiger partial charge is 0.691 e. The standard InChI is InChI=1S/C12H21O.CN.Cu/c1-11(2)7-6-10-13-12-8-4-3-5-9-12;1-2;/h6,11-12H,3-5,7-9H2,1-2H3;;/q2*-1;+2. The minimum atomic E-state index is 0. The summed E-state index contributed by atoms with van der Waals surface area (Å²) in [5.41, 5.74) is 0. The molecule has 0 spiro atoms. The molecule has 0 aliphatic heterocycles. The molecule has 0 aromatic carbocycles. The Kier molecular flexibility index (Phi) is 14.1. The Morgan fingerprint density at radius 3 is 2.38 bits per heavy atom. The van der Waals surface area contributed by atoms with Gasteiger partial charge in [0.2, 0.25) is 0 Å². The van der Waals surface area contributed by atoms with Gasteiger partial charge in [-0.05, 0) is 31.6 Å². The Labute approximate surface area is 111 Å². The zero-order valence-corrected chi connectivity index (χ0v) is 11.1. The molecule has 2 nitrogen and oxygen atoms in total. The quantitative estimate of drug-likeness (QED) is 0.442. The average Bonchev–Trinajstić information content (AvgIpc) is 2.28. The largest absolute Gasteiger partial charge is 2.00 e. The van der Waals surface area contributed by atoms with E-state index in [0.29, 0.717) is 12.0 Å². The summed E-state index contributed by atoms with van der Waals surface area (Å²) < 4.78 is 5.53. The van der Waals surface area contributed by atoms with Crippen LogP contribution in [0.5, 0.6) is 0 Å². The normalized spacial score (nSPS) is 16.3. The van der Waals surface area contributed by atoms with Crippen molar-refractivity contribution in [1.82, 2.24) is 0 Å². The van der Waals surface area contributed by atoms with Crippen molar-refractivity contribution in [1.29, 1.82) is 5.26 Å². The summed E-state index contributed by atoms with van der Waals surface area (Å²) in [6, 6.07) is 0. The molecule has 1 saturated carbocycles. The Morgan fingerprint density at radius 2 is 1.88 bits per heavy atom. The molecule has 0 saturated heterocycles. The fraction of sp³-hybridized carbons (Fsp3) is 0.769. The summed E-state index contributed by atoms with van der Waals surface area (Å²) in [4.78, 5) is 0. The van der Waals surface area contributed by atoms with Gasteiger partial charge in [-0.15, -0.1) is 0 Å². The molecule has 0 atom stereocenters. The number of allylic oxidation sites excluding steroid dienone is 1. The minimum absolute atomic E-state index is 0. The second-order valence-corrected chi connectivity index (χ2v) is 4.33. The maximum absolute atomic E-state index is 6.25. The molecular formula is C13H21CuNO. The van der Waals surface area contributed by atoms with Crippen molar-refractivity contribution in [2.24, 2.45) is 5.92 Å². The number of nitrogens with zero attached hydrogens (tertiary/aromatic N) is 1. The van der Waals surface area contributed by atoms with Crippen molar-refractivity contribution >= 4 is 0 Å². The van der Waals surface area contributed by atoms with Crippen LogP contribution in [-0.4, -0.2) is 6.10 Å². The van der Waals surface area contributed by atoms with E-state index in [0.717, 1.165) is 6.42 Å². The monoisotopic (exact) mass is 270 g/mol. The molecule has 0 N–H and O–H groups in total. The van der Waals surface area contributed by atoms with E-state index >= 15 is 0 Å². The maximum atomic E-state index is 6.25. The van der Waals surface area contributed by atoms with Gasteiger partial charge in [0, 0.05) is 0 Å². The van der Waals surface area contributed by atoms with Gasteiger partial charge in [0.25, 0.3) is 0 Å². The molecule has 0 heterocycles. The van der Waals surface area contributed by atoms with Gasteiger partial charge >= 0.3 is 17.1 Å². The number of hydrogen-bond acceptors (Lipinski definition) is 2. The first-order chi connectivity index (χ1) is 7.29. The molecule has 0 aromatic rings. The minimum Gasteiger partial charge on any atom is -0.691 e. The van der Waals surface area contributed by atoms with Crippen LogP contribution in [0.4, 0.5) is 0 Å². The molecule has 3 heteroatoms. The van der Waals surface area contributed by atoms with Gasteiger partial charge in [-0.25, -0.2) is 6.08 Å². The van der Waals surface area contributed by atoms with Crippen LogP contribution in [-0.2, 0) is 21.8 Å². The van der Waals surface area contributed by atoms with Gasteiger partial charge < -0.3 is 22.8 Å². The molecule has 1 radical (unpaired) electrons. The van der Waals surface area contributed by atoms with Crippen LogP contribution in [0.15, 0.2) is 6.08 Å². The third kappa shape index (κ3) is 10.1. The molecule has 16 heavy (non-hydrogen) atoms. The molecule has 95 valence electrons. The van der Waals surface area contributed by atoms with Crippen molar-refractivity contribution in [3.8, 4) is 0 Å². The molecule has 1 aliphatic carbocycles. The summed E-state index contributed by atoms with van der Waals surface area (Å²) in [6.45, 7) is 9.16. The van der Waals surface area contributed by atoms with Crippen LogP contribution in [0.3, 0.4) is 0 Å². The van der Waals surface area contributed by atoms with Crippen LogP contribution < -0.4 is 0 Å². The van der Waals surface area contributed by atoms with E-state index in [1.54, 1.807) is 0 Å². The SMILES string of the molecule is CC(C)CC=[C-]OC1CCCCC1.[C-]#N.[Cu+2]. The van der Waals surface area contributed by atoms with E-state index in [4.69, 9.17) is 16.6 Å². The first-order valence-electron chi connectivity index (χ1n) is 5.74. The van der Waals surface area contributed by atoms with Gasteiger partial charge in [-0.2, -0.15) is 0 Å². The Hall–Kier alpha value is -0.451. The Bertz CT molecular complexity index is 184. The number of ether oxygens (including phenoxy) is 1. The van der Waals surface area contributed by atoms with Gasteiger partial charge in [0.15, 0.2) is 0 Å². The van der Waals surface area contributed by atoms with Crippen LogP contribution in [0.1, 0.15) is 52.4 Å². The first-order valence-corrected chi connectivity index (χ1v) is 5.74. The van der Waals surface area contributed by atoms with Crippen LogP contribution in [0.2, 0.25) is 0 Å². The Balaban J connectivity index is 0. The molecule has 0 aromatic heterocycles. The van der Waals surface area contributed by atoms with E-state index < -0.39 is 0 Å². The first kappa shape index (κ1) is 17.9. The molecule has 0 unspecified atom stereocenters. The second kappa shape index (κ2) is 12.6. The van der Waals surface area contributed by atoms with Crippen molar-refractivity contribution < 1.29 is 21.8 Å². The second-order valence-electron chi connectivity index (χ2n) is 4.33. The summed E-state index contributed by atoms with van der Waals surface area (Å²) in [6.07, 6.45) is 13.0. The van der Waals surface area contributed by atoms with Crippen LogP contribution in [0, 0.1) is 24.0 Å². The van der Waals surface area contributed by atoms with E-state index in [1.165, 1.54) is 32.1 Å². The van der Waals surface area contributed by atoms with Crippen molar-refractivity contribution in [3.63, 3.8) is 0 Å². The predicted octanol–water partition coefficient (Wildman–Crippen LogP) is 3.79. The van der Waals surface area contributed by atoms with Gasteiger partial charge in [0.05, 0.1) is 6.10 Å². The zero-order valence-electron chi connectivity index (χ0n) is 10.1. The molecule has 1 aliphatic rings. The summed E-state index contributed by atoms with van der Waals surface area (Å²) in [5, 5.41) is 6.25. The summed E-state index contributed by atoms with van der Waals surface area (Å²) >= 11 is 0. The molecule has 0 bridgehead atoms. The molecular weight excluding hydrogens is 250 g/mol. The van der Waals surface area contributed by atoms with E-state index in [-0.39, 0.29) is 17.1 Å². The van der Waals surface area contributed by atoms with Crippen molar-refractivity contribution in [3.05, 3.63) is 18.9 Å². The number of rotatable bonds is 4. The van der Waals surface area contributed by atoms with Gasteiger partial charge in [-0.1, -0.05) is 26.7 Å². The molecule has 1 rings (SSSR count). The number of hydrogen-bond donors (Lipinski definition) is 0. The maximum Gasteiger partial charge on any atom is 2.00 e. The topological polar surface area (TPSA) is 33.0 Å². The summed E-state index contributed by atoms with van der Waals surface area (Å²) in [7, 11) is 0. The third-order valence-corrected chi connectivity index (χ3v) is 2.46. The van der Waals surface area contributed by atoms with Crippen LogP contribution in [0.25, 0.3) is 0 Å². The molecule has 0 amide bonds. The Morgan fingerprint density at radius 1 is 1.31 bits per heavy atom. The van der Waals surface area contributed by atoms with Crippen molar-refractivity contribution in [2.45, 2.75) is 58.5 Å². The van der Waals surface area contributed by atoms with Crippen LogP contribution >= 0.6 is 0 Å². The van der Waals surface area contributed by atoms with E-state index in [9.17, 15) is 0 Å².